The average molecular weight is 294 g/mol. The summed E-state index contributed by atoms with van der Waals surface area (Å²) in [6.07, 6.45) is 1.55. The van der Waals surface area contributed by atoms with Crippen molar-refractivity contribution >= 4 is 35.1 Å². The topological polar surface area (TPSA) is 49.6 Å². The molecule has 2 aromatic rings. The first kappa shape index (κ1) is 13.6. The van der Waals surface area contributed by atoms with Gasteiger partial charge in [0.05, 0.1) is 6.21 Å². The van der Waals surface area contributed by atoms with Crippen molar-refractivity contribution in [3.8, 4) is 11.3 Å². The minimum absolute atomic E-state index is 0.442. The van der Waals surface area contributed by atoms with Gasteiger partial charge in [-0.3, -0.25) is 5.43 Å². The Morgan fingerprint density at radius 1 is 1.37 bits per heavy atom. The van der Waals surface area contributed by atoms with Crippen LogP contribution < -0.4 is 10.7 Å². The van der Waals surface area contributed by atoms with Crippen LogP contribution in [0.25, 0.3) is 11.3 Å². The molecule has 0 unspecified atom stereocenters. The monoisotopic (exact) mass is 293 g/mol. The molecule has 98 valence electrons. The maximum absolute atomic E-state index is 5.94. The van der Waals surface area contributed by atoms with Gasteiger partial charge in [-0.2, -0.15) is 5.10 Å². The van der Waals surface area contributed by atoms with Crippen molar-refractivity contribution in [1.82, 2.24) is 10.7 Å². The largest absolute Gasteiger partial charge is 0.455 e. The predicted molar refractivity (Wildman–Crippen MR) is 81.5 cm³/mol. The third-order valence-corrected chi connectivity index (χ3v) is 2.85. The molecule has 0 saturated heterocycles. The molecule has 19 heavy (non-hydrogen) atoms. The van der Waals surface area contributed by atoms with Crippen molar-refractivity contribution in [1.29, 1.82) is 0 Å². The molecule has 1 heterocycles. The summed E-state index contributed by atoms with van der Waals surface area (Å²) >= 11 is 10.8. The molecular formula is C13H12ClN3OS. The second-order valence-corrected chi connectivity index (χ2v) is 4.51. The Hall–Kier alpha value is -1.85. The summed E-state index contributed by atoms with van der Waals surface area (Å²) in [5.74, 6) is 1.36. The van der Waals surface area contributed by atoms with Gasteiger partial charge in [0.1, 0.15) is 11.5 Å². The van der Waals surface area contributed by atoms with Gasteiger partial charge in [0.15, 0.2) is 5.11 Å². The summed E-state index contributed by atoms with van der Waals surface area (Å²) in [5.41, 5.74) is 3.57. The Bertz CT molecular complexity index is 609. The third-order valence-electron chi connectivity index (χ3n) is 2.32. The second-order valence-electron chi connectivity index (χ2n) is 3.66. The van der Waals surface area contributed by atoms with E-state index in [0.717, 1.165) is 11.3 Å². The highest BCUT2D eigenvalue weighted by Gasteiger charge is 2.03. The van der Waals surface area contributed by atoms with Crippen LogP contribution in [0, 0.1) is 0 Å². The molecule has 0 aliphatic carbocycles. The zero-order chi connectivity index (χ0) is 13.7. The summed E-state index contributed by atoms with van der Waals surface area (Å²) in [6, 6.07) is 11.2. The van der Waals surface area contributed by atoms with Crippen molar-refractivity contribution in [2.24, 2.45) is 5.10 Å². The molecule has 0 radical (unpaired) electrons. The summed E-state index contributed by atoms with van der Waals surface area (Å²) in [5, 5.41) is 7.80. The number of benzene rings is 1. The normalized spacial score (nSPS) is 10.6. The quantitative estimate of drug-likeness (QED) is 0.519. The maximum atomic E-state index is 5.94. The molecular weight excluding hydrogens is 282 g/mol. The van der Waals surface area contributed by atoms with Crippen molar-refractivity contribution < 1.29 is 4.42 Å². The molecule has 6 heteroatoms. The summed E-state index contributed by atoms with van der Waals surface area (Å²) < 4.78 is 5.63. The Morgan fingerprint density at radius 3 is 2.95 bits per heavy atom. The van der Waals surface area contributed by atoms with E-state index in [2.05, 4.69) is 15.8 Å². The molecule has 0 aliphatic rings. The standard InChI is InChI=1S/C13H12ClN3OS/c1-15-13(19)17-16-8-11-5-6-12(18-11)9-3-2-4-10(14)7-9/h2-8H,1H3,(H2,15,17,19). The molecule has 2 rings (SSSR count). The summed E-state index contributed by atoms with van der Waals surface area (Å²) in [6.45, 7) is 0. The fraction of sp³-hybridized carbons (Fsp3) is 0.0769. The third kappa shape index (κ3) is 3.81. The minimum Gasteiger partial charge on any atom is -0.455 e. The van der Waals surface area contributed by atoms with Gasteiger partial charge in [0.2, 0.25) is 0 Å². The predicted octanol–water partition coefficient (Wildman–Crippen LogP) is 3.03. The summed E-state index contributed by atoms with van der Waals surface area (Å²) in [7, 11) is 1.72. The number of thiocarbonyl (C=S) groups is 1. The van der Waals surface area contributed by atoms with E-state index in [1.54, 1.807) is 13.3 Å². The van der Waals surface area contributed by atoms with E-state index < -0.39 is 0 Å². The van der Waals surface area contributed by atoms with Crippen molar-refractivity contribution in [2.45, 2.75) is 0 Å². The fourth-order valence-corrected chi connectivity index (χ4v) is 1.67. The van der Waals surface area contributed by atoms with Crippen LogP contribution in [0.2, 0.25) is 5.02 Å². The van der Waals surface area contributed by atoms with E-state index in [9.17, 15) is 0 Å². The Balaban J connectivity index is 2.09. The van der Waals surface area contributed by atoms with E-state index in [1.807, 2.05) is 36.4 Å². The van der Waals surface area contributed by atoms with Crippen LogP contribution in [0.1, 0.15) is 5.76 Å². The van der Waals surface area contributed by atoms with E-state index >= 15 is 0 Å². The van der Waals surface area contributed by atoms with Crippen LogP contribution in [0.3, 0.4) is 0 Å². The molecule has 0 saturated carbocycles. The molecule has 4 nitrogen and oxygen atoms in total. The molecule has 1 aromatic heterocycles. The van der Waals surface area contributed by atoms with Crippen LogP contribution in [0.5, 0.6) is 0 Å². The van der Waals surface area contributed by atoms with Crippen molar-refractivity contribution in [2.75, 3.05) is 7.05 Å². The Labute approximate surface area is 121 Å². The van der Waals surface area contributed by atoms with E-state index in [1.165, 1.54) is 0 Å². The minimum atomic E-state index is 0.442. The molecule has 1 aromatic carbocycles. The lowest BCUT2D eigenvalue weighted by Gasteiger charge is -1.98. The van der Waals surface area contributed by atoms with Gasteiger partial charge in [-0.25, -0.2) is 0 Å². The number of furan rings is 1. The van der Waals surface area contributed by atoms with E-state index in [-0.39, 0.29) is 0 Å². The number of hydrazone groups is 1. The van der Waals surface area contributed by atoms with Gasteiger partial charge >= 0.3 is 0 Å². The number of nitrogens with zero attached hydrogens (tertiary/aromatic N) is 1. The van der Waals surface area contributed by atoms with Crippen LogP contribution in [0.4, 0.5) is 0 Å². The molecule has 0 atom stereocenters. The van der Waals surface area contributed by atoms with Gasteiger partial charge in [0, 0.05) is 17.6 Å². The number of nitrogens with one attached hydrogen (secondary N) is 2. The first-order valence-corrected chi connectivity index (χ1v) is 6.34. The van der Waals surface area contributed by atoms with Gasteiger partial charge in [-0.05, 0) is 36.5 Å². The SMILES string of the molecule is CNC(=S)NN=Cc1ccc(-c2cccc(Cl)c2)o1. The van der Waals surface area contributed by atoms with Crippen molar-refractivity contribution in [3.05, 3.63) is 47.2 Å². The first-order chi connectivity index (χ1) is 9.19. The Morgan fingerprint density at radius 2 is 2.21 bits per heavy atom. The smallest absolute Gasteiger partial charge is 0.186 e. The zero-order valence-corrected chi connectivity index (χ0v) is 11.8. The van der Waals surface area contributed by atoms with Crippen LogP contribution >= 0.6 is 23.8 Å². The highest BCUT2D eigenvalue weighted by atomic mass is 35.5. The van der Waals surface area contributed by atoms with Crippen LogP contribution in [-0.2, 0) is 0 Å². The lowest BCUT2D eigenvalue weighted by Crippen LogP contribution is -2.28. The average Bonchev–Trinajstić information content (AvgIpc) is 2.87. The number of hydrogen-bond donors (Lipinski definition) is 2. The number of rotatable bonds is 3. The molecule has 2 N–H and O–H groups in total. The van der Waals surface area contributed by atoms with E-state index in [0.29, 0.717) is 15.9 Å². The molecule has 0 spiro atoms. The molecule has 0 bridgehead atoms. The highest BCUT2D eigenvalue weighted by Crippen LogP contribution is 2.24. The van der Waals surface area contributed by atoms with Gasteiger partial charge < -0.3 is 9.73 Å². The van der Waals surface area contributed by atoms with Crippen LogP contribution in [0.15, 0.2) is 45.9 Å². The highest BCUT2D eigenvalue weighted by molar-refractivity contribution is 7.80. The van der Waals surface area contributed by atoms with Crippen molar-refractivity contribution in [3.63, 3.8) is 0 Å². The lowest BCUT2D eigenvalue weighted by atomic mass is 10.2. The molecule has 0 amide bonds. The maximum Gasteiger partial charge on any atom is 0.186 e. The fourth-order valence-electron chi connectivity index (χ4n) is 1.43. The lowest BCUT2D eigenvalue weighted by molar-refractivity contribution is 0.574. The van der Waals surface area contributed by atoms with Gasteiger partial charge in [-0.1, -0.05) is 23.7 Å². The van der Waals surface area contributed by atoms with Gasteiger partial charge in [0.25, 0.3) is 0 Å². The Kier molecular flexibility index (Phi) is 4.54. The molecule has 0 aliphatic heterocycles. The van der Waals surface area contributed by atoms with Gasteiger partial charge in [-0.15, -0.1) is 0 Å². The van der Waals surface area contributed by atoms with Crippen LogP contribution in [-0.4, -0.2) is 18.4 Å². The van der Waals surface area contributed by atoms with E-state index in [4.69, 9.17) is 28.2 Å². The summed E-state index contributed by atoms with van der Waals surface area (Å²) in [4.78, 5) is 0. The first-order valence-electron chi connectivity index (χ1n) is 5.55. The molecule has 0 fully saturated rings. The number of halogens is 1. The number of hydrogen-bond acceptors (Lipinski definition) is 3. The second kappa shape index (κ2) is 6.36. The zero-order valence-electron chi connectivity index (χ0n) is 10.2.